The second-order valence-corrected chi connectivity index (χ2v) is 10.3. The summed E-state index contributed by atoms with van der Waals surface area (Å²) in [5.74, 6) is -0.920. The number of urea groups is 1. The number of hydrogen-bond donors (Lipinski definition) is 3. The van der Waals surface area contributed by atoms with Crippen molar-refractivity contribution in [3.8, 4) is 5.75 Å². The summed E-state index contributed by atoms with van der Waals surface area (Å²) in [5, 5.41) is 13.2. The highest BCUT2D eigenvalue weighted by Crippen LogP contribution is 2.29. The molecule has 32 heavy (non-hydrogen) atoms. The molecule has 0 unspecified atom stereocenters. The van der Waals surface area contributed by atoms with Gasteiger partial charge in [-0.2, -0.15) is 0 Å². The second-order valence-electron chi connectivity index (χ2n) is 8.36. The van der Waals surface area contributed by atoms with Gasteiger partial charge in [-0.25, -0.2) is 22.3 Å². The van der Waals surface area contributed by atoms with Crippen LogP contribution in [0.5, 0.6) is 5.75 Å². The predicted octanol–water partition coefficient (Wildman–Crippen LogP) is 1.71. The van der Waals surface area contributed by atoms with Gasteiger partial charge in [0.15, 0.2) is 11.6 Å². The topological polar surface area (TPSA) is 125 Å². The molecule has 1 aromatic carbocycles. The van der Waals surface area contributed by atoms with Gasteiger partial charge in [-0.05, 0) is 42.9 Å². The van der Waals surface area contributed by atoms with E-state index in [2.05, 4.69) is 10.0 Å². The lowest BCUT2D eigenvalue weighted by molar-refractivity contribution is -0.118. The van der Waals surface area contributed by atoms with Crippen LogP contribution in [0, 0.1) is 11.7 Å². The average Bonchev–Trinajstić information content (AvgIpc) is 3.05. The average molecular weight is 474 g/mol. The quantitative estimate of drug-likeness (QED) is 0.296. The molecule has 2 rings (SSSR count). The molecule has 3 amide bonds. The number of aliphatic hydroxyl groups is 1. The van der Waals surface area contributed by atoms with Crippen LogP contribution in [0.3, 0.4) is 0 Å². The molecular formula is C21H32FN3O6S. The third-order valence-electron chi connectivity index (χ3n) is 5.17. The van der Waals surface area contributed by atoms with Crippen LogP contribution in [-0.4, -0.2) is 62.4 Å². The molecule has 0 bridgehead atoms. The molecule has 1 heterocycles. The van der Waals surface area contributed by atoms with Crippen LogP contribution < -0.4 is 14.8 Å². The summed E-state index contributed by atoms with van der Waals surface area (Å²) in [6.07, 6.45) is 0.888. The molecule has 0 aliphatic carbocycles. The van der Waals surface area contributed by atoms with E-state index in [9.17, 15) is 27.5 Å². The summed E-state index contributed by atoms with van der Waals surface area (Å²) in [5.41, 5.74) is -1.18. The Kier molecular flexibility index (Phi) is 8.99. The lowest BCUT2D eigenvalue weighted by atomic mass is 9.91. The lowest BCUT2D eigenvalue weighted by Crippen LogP contribution is -2.41. The Morgan fingerprint density at radius 3 is 2.62 bits per heavy atom. The van der Waals surface area contributed by atoms with E-state index in [1.165, 1.54) is 23.1 Å². The normalized spacial score (nSPS) is 16.4. The van der Waals surface area contributed by atoms with Gasteiger partial charge in [0.1, 0.15) is 12.1 Å². The fourth-order valence-electron chi connectivity index (χ4n) is 3.15. The van der Waals surface area contributed by atoms with E-state index >= 15 is 0 Å². The number of carbonyl (C=O) groups is 2. The zero-order valence-electron chi connectivity index (χ0n) is 18.7. The van der Waals surface area contributed by atoms with E-state index in [-0.39, 0.29) is 55.8 Å². The summed E-state index contributed by atoms with van der Waals surface area (Å²) in [7, 11) is -3.69. The fraction of sp³-hybridized carbons (Fsp3) is 0.619. The highest BCUT2D eigenvalue weighted by atomic mass is 32.2. The highest BCUT2D eigenvalue weighted by molar-refractivity contribution is 7.89. The number of unbranched alkanes of at least 4 members (excludes halogenated alkanes) is 1. The summed E-state index contributed by atoms with van der Waals surface area (Å²) < 4.78 is 46.7. The van der Waals surface area contributed by atoms with Gasteiger partial charge in [-0.15, -0.1) is 0 Å². The van der Waals surface area contributed by atoms with Gasteiger partial charge in [0.25, 0.3) is 0 Å². The number of nitrogens with zero attached hydrogens (tertiary/aromatic N) is 1. The Morgan fingerprint density at radius 2 is 2.03 bits per heavy atom. The zero-order chi connectivity index (χ0) is 23.9. The molecular weight excluding hydrogens is 441 g/mol. The van der Waals surface area contributed by atoms with E-state index in [4.69, 9.17) is 4.74 Å². The standard InChI is InChI=1S/C21H32FN3O6S/c1-4-21(28,16-7-8-17(22)18(11-16)31-13-15(2)3)14-23-32(29,30)10-6-5-9-25-12-19(26)24-20(25)27/h7-8,11,15,23,28H,4-6,9-10,12-14H2,1-3H3,(H,24,26,27)/t21-/m1/s1. The Bertz CT molecular complexity index is 924. The van der Waals surface area contributed by atoms with Crippen LogP contribution in [0.2, 0.25) is 0 Å². The Hall–Kier alpha value is -2.24. The van der Waals surface area contributed by atoms with Gasteiger partial charge in [0.05, 0.1) is 12.4 Å². The van der Waals surface area contributed by atoms with Crippen LogP contribution >= 0.6 is 0 Å². The van der Waals surface area contributed by atoms with Crippen molar-refractivity contribution in [2.24, 2.45) is 5.92 Å². The minimum Gasteiger partial charge on any atom is -0.490 e. The van der Waals surface area contributed by atoms with Crippen LogP contribution in [0.15, 0.2) is 18.2 Å². The van der Waals surface area contributed by atoms with E-state index in [0.717, 1.165) is 0 Å². The van der Waals surface area contributed by atoms with Gasteiger partial charge in [-0.3, -0.25) is 10.1 Å². The van der Waals surface area contributed by atoms with Crippen LogP contribution in [0.4, 0.5) is 9.18 Å². The number of halogens is 1. The summed E-state index contributed by atoms with van der Waals surface area (Å²) in [6.45, 7) is 5.86. The molecule has 180 valence electrons. The first-order chi connectivity index (χ1) is 15.0. The van der Waals surface area contributed by atoms with Crippen molar-refractivity contribution < 1.29 is 32.2 Å². The first-order valence-electron chi connectivity index (χ1n) is 10.7. The maximum absolute atomic E-state index is 14.1. The number of sulfonamides is 1. The second kappa shape index (κ2) is 11.1. The molecule has 9 nitrogen and oxygen atoms in total. The Morgan fingerprint density at radius 1 is 1.31 bits per heavy atom. The molecule has 0 aromatic heterocycles. The minimum atomic E-state index is -3.69. The molecule has 3 N–H and O–H groups in total. The van der Waals surface area contributed by atoms with Crippen LogP contribution in [-0.2, 0) is 20.4 Å². The third-order valence-corrected chi connectivity index (χ3v) is 6.58. The third kappa shape index (κ3) is 7.42. The SMILES string of the molecule is CC[C@@](O)(CNS(=O)(=O)CCCCN1CC(=O)NC1=O)c1ccc(F)c(OCC(C)C)c1. The van der Waals surface area contributed by atoms with Gasteiger partial charge >= 0.3 is 6.03 Å². The number of rotatable bonds is 13. The van der Waals surface area contributed by atoms with Gasteiger partial charge in [0.2, 0.25) is 15.9 Å². The van der Waals surface area contributed by atoms with Crippen molar-refractivity contribution >= 4 is 22.0 Å². The largest absolute Gasteiger partial charge is 0.490 e. The molecule has 0 saturated carbocycles. The molecule has 11 heteroatoms. The highest BCUT2D eigenvalue weighted by Gasteiger charge is 2.30. The molecule has 1 aliphatic heterocycles. The van der Waals surface area contributed by atoms with Crippen LogP contribution in [0.25, 0.3) is 0 Å². The van der Waals surface area contributed by atoms with Crippen molar-refractivity contribution in [2.45, 2.75) is 45.6 Å². The van der Waals surface area contributed by atoms with Crippen LogP contribution in [0.1, 0.15) is 45.6 Å². The number of benzene rings is 1. The first-order valence-corrected chi connectivity index (χ1v) is 12.3. The maximum atomic E-state index is 14.1. The maximum Gasteiger partial charge on any atom is 0.324 e. The summed E-state index contributed by atoms with van der Waals surface area (Å²) >= 11 is 0. The van der Waals surface area contributed by atoms with Crippen molar-refractivity contribution in [3.05, 3.63) is 29.6 Å². The summed E-state index contributed by atoms with van der Waals surface area (Å²) in [6, 6.07) is 3.54. The molecule has 1 aromatic rings. The van der Waals surface area contributed by atoms with Crippen molar-refractivity contribution in [2.75, 3.05) is 32.0 Å². The number of amides is 3. The number of nitrogens with one attached hydrogen (secondary N) is 2. The van der Waals surface area contributed by atoms with Crippen molar-refractivity contribution in [1.29, 1.82) is 0 Å². The van der Waals surface area contributed by atoms with Gasteiger partial charge in [-0.1, -0.05) is 26.8 Å². The molecule has 1 saturated heterocycles. The molecule has 0 radical (unpaired) electrons. The van der Waals surface area contributed by atoms with E-state index in [0.29, 0.717) is 18.6 Å². The molecule has 1 fully saturated rings. The Labute approximate surface area is 188 Å². The zero-order valence-corrected chi connectivity index (χ0v) is 19.5. The van der Waals surface area contributed by atoms with E-state index in [1.807, 2.05) is 13.8 Å². The lowest BCUT2D eigenvalue weighted by Gasteiger charge is -2.28. The number of hydrogen-bond acceptors (Lipinski definition) is 6. The van der Waals surface area contributed by atoms with Gasteiger partial charge < -0.3 is 14.7 Å². The minimum absolute atomic E-state index is 0.00960. The summed E-state index contributed by atoms with van der Waals surface area (Å²) in [4.78, 5) is 24.0. The monoisotopic (exact) mass is 473 g/mol. The molecule has 1 aliphatic rings. The van der Waals surface area contributed by atoms with Gasteiger partial charge in [0, 0.05) is 13.1 Å². The predicted molar refractivity (Wildman–Crippen MR) is 117 cm³/mol. The number of carbonyl (C=O) groups excluding carboxylic acids is 2. The fourth-order valence-corrected chi connectivity index (χ4v) is 4.34. The first kappa shape index (κ1) is 26.0. The van der Waals surface area contributed by atoms with Crippen molar-refractivity contribution in [3.63, 3.8) is 0 Å². The number of ether oxygens (including phenoxy) is 1. The number of imide groups is 1. The molecule has 0 spiro atoms. The van der Waals surface area contributed by atoms with E-state index < -0.39 is 27.5 Å². The Balaban J connectivity index is 1.92. The van der Waals surface area contributed by atoms with E-state index in [1.54, 1.807) is 6.92 Å². The smallest absolute Gasteiger partial charge is 0.324 e. The molecule has 1 atom stereocenters. The van der Waals surface area contributed by atoms with Crippen molar-refractivity contribution in [1.82, 2.24) is 14.9 Å².